The second-order valence-electron chi connectivity index (χ2n) is 13.0. The number of hydrogen-bond acceptors (Lipinski definition) is 12. The fourth-order valence-corrected chi connectivity index (χ4v) is 14.3. The van der Waals surface area contributed by atoms with Crippen molar-refractivity contribution >= 4 is 23.0 Å². The summed E-state index contributed by atoms with van der Waals surface area (Å²) in [5.41, 5.74) is 0. The van der Waals surface area contributed by atoms with Crippen molar-refractivity contribution in [2.45, 2.75) is 0 Å². The summed E-state index contributed by atoms with van der Waals surface area (Å²) >= 11 is 0. The van der Waals surface area contributed by atoms with Gasteiger partial charge in [-0.1, -0.05) is 13.5 Å². The molecule has 0 radical (unpaired) electrons. The molecular formula is C42H24F12N3O9P3. The van der Waals surface area contributed by atoms with E-state index in [1.807, 2.05) is 0 Å². The number of hydrogen-bond donors (Lipinski definition) is 0. The van der Waals surface area contributed by atoms with Crippen LogP contribution in [0.25, 0.3) is 0 Å². The lowest BCUT2D eigenvalue weighted by Crippen LogP contribution is -2.11. The first-order valence-electron chi connectivity index (χ1n) is 18.7. The zero-order valence-corrected chi connectivity index (χ0v) is 36.4. The summed E-state index contributed by atoms with van der Waals surface area (Å²) < 4.78 is 228. The van der Waals surface area contributed by atoms with E-state index in [1.54, 1.807) is 0 Å². The maximum Gasteiger partial charge on any atom is 0.460 e. The Balaban J connectivity index is 1.52. The zero-order chi connectivity index (χ0) is 49.3. The van der Waals surface area contributed by atoms with Gasteiger partial charge >= 0.3 is 59.3 Å². The molecule has 6 aromatic carbocycles. The Morgan fingerprint density at radius 2 is 0.420 bits per heavy atom. The molecule has 0 saturated heterocycles. The van der Waals surface area contributed by atoms with Crippen LogP contribution in [0.2, 0.25) is 0 Å². The molecule has 0 N–H and O–H groups in total. The molecule has 69 heavy (non-hydrogen) atoms. The molecule has 0 atom stereocenters. The first-order valence-corrected chi connectivity index (χ1v) is 23.3. The molecule has 0 aromatic heterocycles. The molecule has 360 valence electrons. The van der Waals surface area contributed by atoms with Crippen molar-refractivity contribution in [3.05, 3.63) is 199 Å². The molecule has 0 spiro atoms. The highest BCUT2D eigenvalue weighted by molar-refractivity contribution is 7.79. The molecule has 0 amide bonds. The van der Waals surface area contributed by atoms with Gasteiger partial charge in [-0.3, -0.25) is 0 Å². The summed E-state index contributed by atoms with van der Waals surface area (Å²) in [5.74, 6) is -5.40. The van der Waals surface area contributed by atoms with Gasteiger partial charge in [0.25, 0.3) is 0 Å². The van der Waals surface area contributed by atoms with Crippen LogP contribution in [0.5, 0.6) is 51.7 Å². The van der Waals surface area contributed by atoms with Crippen molar-refractivity contribution in [2.75, 3.05) is 0 Å². The van der Waals surface area contributed by atoms with Crippen molar-refractivity contribution < 1.29 is 94.0 Å². The van der Waals surface area contributed by atoms with Gasteiger partial charge in [-0.2, -0.15) is 39.5 Å². The SMILES string of the molecule is FC(F)=C(F)Oc1ccc(OP2(Oc3ccc(F)cc3)=NP(Oc3ccc(F)cc3)(Oc3ccc(OC(F)=C(F)F)cc3)=NP(Oc3ccc(F)cc3)(Oc3ccc(OC(F)=C(F)F)cc3)=N2)cc1. The first-order chi connectivity index (χ1) is 32.9. The minimum Gasteiger partial charge on any atom is -0.428 e. The van der Waals surface area contributed by atoms with E-state index in [0.29, 0.717) is 0 Å². The minimum atomic E-state index is -4.88. The Morgan fingerprint density at radius 3 is 0.594 bits per heavy atom. The van der Waals surface area contributed by atoms with E-state index in [2.05, 4.69) is 14.2 Å². The Bertz CT molecular complexity index is 2720. The van der Waals surface area contributed by atoms with E-state index in [4.69, 9.17) is 40.7 Å². The third-order valence-electron chi connectivity index (χ3n) is 8.00. The highest BCUT2D eigenvalue weighted by Gasteiger charge is 2.49. The molecule has 0 saturated carbocycles. The van der Waals surface area contributed by atoms with Gasteiger partial charge in [0, 0.05) is 0 Å². The minimum absolute atomic E-state index is 0.252. The normalized spacial score (nSPS) is 18.1. The highest BCUT2D eigenvalue weighted by Crippen LogP contribution is 2.78. The van der Waals surface area contributed by atoms with Gasteiger partial charge in [-0.15, -0.1) is 0 Å². The van der Waals surface area contributed by atoms with Crippen LogP contribution in [0.15, 0.2) is 195 Å². The van der Waals surface area contributed by atoms with Gasteiger partial charge in [0.2, 0.25) is 0 Å². The standard InChI is InChI=1S/C42H24F12N3O9P3/c43-25-1-7-31(8-2-25)61-67(64-34-19-13-28(14-20-34)58-40(52)37(46)47)55-68(62-32-9-3-26(44)4-10-32,65-35-21-15-29(16-22-35)59-41(53)38(48)49)57-69(56-67,63-33-11-5-27(45)6-12-33)66-36-23-17-30(18-24-36)60-42(54)39(50)51/h1-24H. The Morgan fingerprint density at radius 1 is 0.261 bits per heavy atom. The lowest BCUT2D eigenvalue weighted by atomic mass is 10.3. The third-order valence-corrected chi connectivity index (χ3v) is 16.1. The molecule has 6 aromatic rings. The van der Waals surface area contributed by atoms with Crippen LogP contribution in [0.1, 0.15) is 0 Å². The largest absolute Gasteiger partial charge is 0.460 e. The van der Waals surface area contributed by atoms with Crippen LogP contribution in [0.4, 0.5) is 52.7 Å². The van der Waals surface area contributed by atoms with E-state index in [9.17, 15) is 52.7 Å². The molecule has 7 rings (SSSR count). The van der Waals surface area contributed by atoms with Crippen LogP contribution in [0.3, 0.4) is 0 Å². The van der Waals surface area contributed by atoms with Gasteiger partial charge in [0.15, 0.2) is 0 Å². The van der Waals surface area contributed by atoms with Crippen molar-refractivity contribution in [3.63, 3.8) is 0 Å². The molecule has 1 heterocycles. The molecule has 27 heteroatoms. The molecular weight excluding hydrogens is 1010 g/mol. The lowest BCUT2D eigenvalue weighted by Gasteiger charge is -2.33. The summed E-state index contributed by atoms with van der Waals surface area (Å²) in [6, 6.07) is 17.7. The Hall–Kier alpha value is -7.41. The average Bonchev–Trinajstić information content (AvgIpc) is 3.30. The summed E-state index contributed by atoms with van der Waals surface area (Å²) in [5, 5.41) is 0. The molecule has 0 bridgehead atoms. The van der Waals surface area contributed by atoms with Gasteiger partial charge in [-0.25, -0.2) is 13.2 Å². The second kappa shape index (κ2) is 21.3. The second-order valence-corrected chi connectivity index (χ2v) is 19.2. The number of rotatable bonds is 18. The van der Waals surface area contributed by atoms with Gasteiger partial charge in [0.05, 0.1) is 0 Å². The number of ether oxygens (including phenoxy) is 3. The van der Waals surface area contributed by atoms with E-state index >= 15 is 0 Å². The van der Waals surface area contributed by atoms with Crippen molar-refractivity contribution in [3.8, 4) is 51.7 Å². The summed E-state index contributed by atoms with van der Waals surface area (Å²) in [4.78, 5) is 0. The number of nitrogens with zero attached hydrogens (tertiary/aromatic N) is 3. The van der Waals surface area contributed by atoms with Gasteiger partial charge < -0.3 is 41.4 Å². The lowest BCUT2D eigenvalue weighted by molar-refractivity contribution is 0.241. The van der Waals surface area contributed by atoms with Crippen LogP contribution < -0.4 is 41.4 Å². The quantitative estimate of drug-likeness (QED) is 0.0471. The predicted molar refractivity (Wildman–Crippen MR) is 223 cm³/mol. The average molecular weight is 1040 g/mol. The Kier molecular flexibility index (Phi) is 15.3. The smallest absolute Gasteiger partial charge is 0.428 e. The predicted octanol–water partition coefficient (Wildman–Crippen LogP) is 17.0. The molecule has 0 unspecified atom stereocenters. The van der Waals surface area contributed by atoms with Gasteiger partial charge in [-0.05, 0) is 146 Å². The first kappa shape index (κ1) is 49.5. The molecule has 0 aliphatic carbocycles. The molecule has 12 nitrogen and oxygen atoms in total. The maximum absolute atomic E-state index is 14.3. The van der Waals surface area contributed by atoms with E-state index in [0.717, 1.165) is 146 Å². The monoisotopic (exact) mass is 1040 g/mol. The Labute approximate surface area is 380 Å². The van der Waals surface area contributed by atoms with Crippen molar-refractivity contribution in [2.24, 2.45) is 13.5 Å². The van der Waals surface area contributed by atoms with Gasteiger partial charge in [0.1, 0.15) is 69.2 Å². The fourth-order valence-electron chi connectivity index (χ4n) is 5.20. The third kappa shape index (κ3) is 13.4. The summed E-state index contributed by atoms with van der Waals surface area (Å²) in [7, 11) is -14.7. The van der Waals surface area contributed by atoms with Crippen LogP contribution in [-0.4, -0.2) is 0 Å². The van der Waals surface area contributed by atoms with E-state index in [-0.39, 0.29) is 34.5 Å². The maximum atomic E-state index is 14.3. The van der Waals surface area contributed by atoms with Crippen molar-refractivity contribution in [1.82, 2.24) is 0 Å². The molecule has 1 aliphatic rings. The van der Waals surface area contributed by atoms with Crippen LogP contribution >= 0.6 is 23.0 Å². The fraction of sp³-hybridized carbons (Fsp3) is 0. The molecule has 0 fully saturated rings. The highest BCUT2D eigenvalue weighted by atomic mass is 31.3. The van der Waals surface area contributed by atoms with E-state index in [1.165, 1.54) is 0 Å². The summed E-state index contributed by atoms with van der Waals surface area (Å²) in [6.07, 6.45) is -8.34. The van der Waals surface area contributed by atoms with Crippen molar-refractivity contribution in [1.29, 1.82) is 0 Å². The number of halogens is 12. The summed E-state index contributed by atoms with van der Waals surface area (Å²) in [6.45, 7) is 0. The zero-order valence-electron chi connectivity index (χ0n) is 33.7. The topological polar surface area (TPSA) is 120 Å². The van der Waals surface area contributed by atoms with Crippen LogP contribution in [0, 0.1) is 17.5 Å². The van der Waals surface area contributed by atoms with E-state index < -0.39 is 94.0 Å². The van der Waals surface area contributed by atoms with Crippen LogP contribution in [-0.2, 0) is 0 Å². The number of benzene rings is 6. The molecule has 1 aliphatic heterocycles.